The van der Waals surface area contributed by atoms with Crippen molar-refractivity contribution in [1.82, 2.24) is 9.80 Å². The molecule has 1 aromatic heterocycles. The fraction of sp³-hybridized carbons (Fsp3) is 0.667. The van der Waals surface area contributed by atoms with Gasteiger partial charge in [0.05, 0.1) is 6.26 Å². The molecule has 6 nitrogen and oxygen atoms in total. The molecule has 0 spiro atoms. The van der Waals surface area contributed by atoms with Gasteiger partial charge in [-0.25, -0.2) is 0 Å². The molecule has 24 heavy (non-hydrogen) atoms. The number of rotatable bonds is 2. The molecule has 2 aliphatic rings. The Bertz CT molecular complexity index is 597. The Labute approximate surface area is 143 Å². The zero-order chi connectivity index (χ0) is 17.3. The summed E-state index contributed by atoms with van der Waals surface area (Å²) in [5, 5.41) is 0. The van der Waals surface area contributed by atoms with E-state index in [1.807, 2.05) is 4.90 Å². The van der Waals surface area contributed by atoms with Crippen LogP contribution in [0.4, 0.5) is 0 Å². The molecule has 0 aromatic carbocycles. The molecule has 132 valence electrons. The summed E-state index contributed by atoms with van der Waals surface area (Å²) in [5.41, 5.74) is 6.08. The molecule has 2 atom stereocenters. The van der Waals surface area contributed by atoms with E-state index in [4.69, 9.17) is 10.2 Å². The van der Waals surface area contributed by atoms with Crippen molar-refractivity contribution >= 4 is 11.8 Å². The van der Waals surface area contributed by atoms with Gasteiger partial charge in [0.25, 0.3) is 5.91 Å². The first-order chi connectivity index (χ1) is 11.4. The van der Waals surface area contributed by atoms with E-state index in [0.717, 1.165) is 19.3 Å². The first-order valence-corrected chi connectivity index (χ1v) is 8.79. The first kappa shape index (κ1) is 17.0. The largest absolute Gasteiger partial charge is 0.459 e. The number of nitrogens with zero attached hydrogens (tertiary/aromatic N) is 2. The molecule has 1 aromatic rings. The minimum Gasteiger partial charge on any atom is -0.459 e. The van der Waals surface area contributed by atoms with Crippen LogP contribution in [0.25, 0.3) is 0 Å². The molecule has 2 fully saturated rings. The van der Waals surface area contributed by atoms with Gasteiger partial charge in [0, 0.05) is 25.7 Å². The highest BCUT2D eigenvalue weighted by Gasteiger charge is 2.40. The Morgan fingerprint density at radius 2 is 2.04 bits per heavy atom. The molecule has 0 bridgehead atoms. The molecule has 2 amide bonds. The lowest BCUT2D eigenvalue weighted by molar-refractivity contribution is -0.140. The van der Waals surface area contributed by atoms with Gasteiger partial charge in [-0.15, -0.1) is 0 Å². The summed E-state index contributed by atoms with van der Waals surface area (Å²) < 4.78 is 5.24. The fourth-order valence-electron chi connectivity index (χ4n) is 3.75. The van der Waals surface area contributed by atoms with Crippen molar-refractivity contribution in [2.24, 2.45) is 11.1 Å². The van der Waals surface area contributed by atoms with Crippen LogP contribution in [0, 0.1) is 5.41 Å². The van der Waals surface area contributed by atoms with E-state index in [0.29, 0.717) is 31.8 Å². The molecular formula is C18H27N3O3. The third-order valence-electron chi connectivity index (χ3n) is 5.40. The third kappa shape index (κ3) is 3.20. The Morgan fingerprint density at radius 3 is 2.71 bits per heavy atom. The highest BCUT2D eigenvalue weighted by atomic mass is 16.3. The molecule has 0 radical (unpaired) electrons. The SMILES string of the molecule is CC1(C)CN(C(=O)C2CCCCN2C(=O)c2ccco2)CCC1N. The van der Waals surface area contributed by atoms with Gasteiger partial charge in [0.15, 0.2) is 5.76 Å². The summed E-state index contributed by atoms with van der Waals surface area (Å²) in [6.07, 6.45) is 4.90. The van der Waals surface area contributed by atoms with E-state index < -0.39 is 0 Å². The molecule has 2 unspecified atom stereocenters. The van der Waals surface area contributed by atoms with E-state index in [1.165, 1.54) is 6.26 Å². The van der Waals surface area contributed by atoms with Gasteiger partial charge in [-0.2, -0.15) is 0 Å². The second-order valence-electron chi connectivity index (χ2n) is 7.63. The van der Waals surface area contributed by atoms with Crippen LogP contribution >= 0.6 is 0 Å². The maximum absolute atomic E-state index is 13.1. The summed E-state index contributed by atoms with van der Waals surface area (Å²) in [4.78, 5) is 29.3. The molecule has 3 rings (SSSR count). The predicted octanol–water partition coefficient (Wildman–Crippen LogP) is 1.86. The molecular weight excluding hydrogens is 306 g/mol. The van der Waals surface area contributed by atoms with Crippen molar-refractivity contribution in [3.8, 4) is 0 Å². The Balaban J connectivity index is 1.75. The summed E-state index contributed by atoms with van der Waals surface area (Å²) in [6.45, 7) is 6.12. The number of carbonyl (C=O) groups is 2. The van der Waals surface area contributed by atoms with Crippen molar-refractivity contribution in [2.75, 3.05) is 19.6 Å². The maximum Gasteiger partial charge on any atom is 0.290 e. The molecule has 2 N–H and O–H groups in total. The Kier molecular flexibility index (Phi) is 4.67. The van der Waals surface area contributed by atoms with Crippen molar-refractivity contribution in [3.05, 3.63) is 24.2 Å². The fourth-order valence-corrected chi connectivity index (χ4v) is 3.75. The van der Waals surface area contributed by atoms with Crippen LogP contribution < -0.4 is 5.73 Å². The third-order valence-corrected chi connectivity index (χ3v) is 5.40. The molecule has 2 aliphatic heterocycles. The molecule has 6 heteroatoms. The van der Waals surface area contributed by atoms with Gasteiger partial charge in [0.1, 0.15) is 6.04 Å². The lowest BCUT2D eigenvalue weighted by Crippen LogP contribution is -2.59. The van der Waals surface area contributed by atoms with E-state index in [2.05, 4.69) is 13.8 Å². The van der Waals surface area contributed by atoms with E-state index in [1.54, 1.807) is 17.0 Å². The standard InChI is InChI=1S/C18H27N3O3/c1-18(2)12-20(10-8-15(18)19)16(22)13-6-3-4-9-21(13)17(23)14-7-5-11-24-14/h5,7,11,13,15H,3-4,6,8-10,12,19H2,1-2H3. The second-order valence-corrected chi connectivity index (χ2v) is 7.63. The van der Waals surface area contributed by atoms with E-state index in [9.17, 15) is 9.59 Å². The van der Waals surface area contributed by atoms with Crippen LogP contribution in [0.5, 0.6) is 0 Å². The van der Waals surface area contributed by atoms with Crippen LogP contribution in [0.1, 0.15) is 50.1 Å². The van der Waals surface area contributed by atoms with Crippen LogP contribution in [-0.4, -0.2) is 53.3 Å². The summed E-state index contributed by atoms with van der Waals surface area (Å²) in [6, 6.07) is 3.07. The van der Waals surface area contributed by atoms with Crippen molar-refractivity contribution in [2.45, 2.75) is 51.6 Å². The summed E-state index contributed by atoms with van der Waals surface area (Å²) in [7, 11) is 0. The first-order valence-electron chi connectivity index (χ1n) is 8.79. The van der Waals surface area contributed by atoms with Crippen molar-refractivity contribution in [3.63, 3.8) is 0 Å². The molecule has 0 aliphatic carbocycles. The van der Waals surface area contributed by atoms with Crippen LogP contribution in [-0.2, 0) is 4.79 Å². The molecule has 0 saturated carbocycles. The number of piperidine rings is 2. The number of likely N-dealkylation sites (tertiary alicyclic amines) is 2. The number of hydrogen-bond acceptors (Lipinski definition) is 4. The number of furan rings is 1. The Morgan fingerprint density at radius 1 is 1.25 bits per heavy atom. The van der Waals surface area contributed by atoms with Crippen molar-refractivity contribution in [1.29, 1.82) is 0 Å². The topological polar surface area (TPSA) is 79.8 Å². The van der Waals surface area contributed by atoms with Gasteiger partial charge >= 0.3 is 0 Å². The smallest absolute Gasteiger partial charge is 0.290 e. The lowest BCUT2D eigenvalue weighted by Gasteiger charge is -2.45. The molecule has 2 saturated heterocycles. The average molecular weight is 333 g/mol. The average Bonchev–Trinajstić information content (AvgIpc) is 3.10. The monoisotopic (exact) mass is 333 g/mol. The number of carbonyl (C=O) groups excluding carboxylic acids is 2. The number of nitrogens with two attached hydrogens (primary N) is 1. The molecule has 3 heterocycles. The zero-order valence-electron chi connectivity index (χ0n) is 14.5. The number of hydrogen-bond donors (Lipinski definition) is 1. The van der Waals surface area contributed by atoms with E-state index >= 15 is 0 Å². The van der Waals surface area contributed by atoms with Gasteiger partial charge in [-0.3, -0.25) is 9.59 Å². The lowest BCUT2D eigenvalue weighted by atomic mass is 9.79. The highest BCUT2D eigenvalue weighted by molar-refractivity contribution is 5.95. The maximum atomic E-state index is 13.1. The van der Waals surface area contributed by atoms with Crippen LogP contribution in [0.3, 0.4) is 0 Å². The van der Waals surface area contributed by atoms with E-state index in [-0.39, 0.29) is 29.3 Å². The predicted molar refractivity (Wildman–Crippen MR) is 90.3 cm³/mol. The normalized spacial score (nSPS) is 27.1. The van der Waals surface area contributed by atoms with Gasteiger partial charge in [0.2, 0.25) is 5.91 Å². The number of amides is 2. The highest BCUT2D eigenvalue weighted by Crippen LogP contribution is 2.30. The van der Waals surface area contributed by atoms with Gasteiger partial charge in [-0.1, -0.05) is 13.8 Å². The zero-order valence-corrected chi connectivity index (χ0v) is 14.5. The van der Waals surface area contributed by atoms with Crippen LogP contribution in [0.15, 0.2) is 22.8 Å². The minimum atomic E-state index is -0.388. The van der Waals surface area contributed by atoms with Gasteiger partial charge < -0.3 is 20.0 Å². The summed E-state index contributed by atoms with van der Waals surface area (Å²) >= 11 is 0. The van der Waals surface area contributed by atoms with Crippen LogP contribution in [0.2, 0.25) is 0 Å². The Hall–Kier alpha value is -1.82. The van der Waals surface area contributed by atoms with Gasteiger partial charge in [-0.05, 0) is 43.2 Å². The van der Waals surface area contributed by atoms with Crippen molar-refractivity contribution < 1.29 is 14.0 Å². The second kappa shape index (κ2) is 6.59. The summed E-state index contributed by atoms with van der Waals surface area (Å²) in [5.74, 6) is 0.163. The minimum absolute atomic E-state index is 0.0505. The quantitative estimate of drug-likeness (QED) is 0.896.